The van der Waals surface area contributed by atoms with Crippen LogP contribution in [-0.2, 0) is 0 Å². The summed E-state index contributed by atoms with van der Waals surface area (Å²) >= 11 is 0. The summed E-state index contributed by atoms with van der Waals surface area (Å²) in [6.07, 6.45) is 12.6. The van der Waals surface area contributed by atoms with E-state index in [1.807, 2.05) is 0 Å². The fourth-order valence-corrected chi connectivity index (χ4v) is 1.13. The third kappa shape index (κ3) is 2.75. The molecule has 0 heteroatoms. The minimum atomic E-state index is 1.13. The zero-order chi connectivity index (χ0) is 8.10. The molecule has 0 aromatic carbocycles. The van der Waals surface area contributed by atoms with Crippen LogP contribution in [0.1, 0.15) is 33.1 Å². The lowest BCUT2D eigenvalue weighted by Crippen LogP contribution is -1.84. The van der Waals surface area contributed by atoms with E-state index in [4.69, 9.17) is 0 Å². The third-order valence-electron chi connectivity index (χ3n) is 1.92. The van der Waals surface area contributed by atoms with E-state index < -0.39 is 0 Å². The molecule has 0 amide bonds. The van der Waals surface area contributed by atoms with Gasteiger partial charge in [-0.25, -0.2) is 0 Å². The van der Waals surface area contributed by atoms with Gasteiger partial charge in [0.05, 0.1) is 0 Å². The van der Waals surface area contributed by atoms with Gasteiger partial charge in [-0.1, -0.05) is 43.2 Å². The Balaban J connectivity index is 2.48. The van der Waals surface area contributed by atoms with Crippen molar-refractivity contribution in [2.75, 3.05) is 0 Å². The van der Waals surface area contributed by atoms with Crippen molar-refractivity contribution >= 4 is 0 Å². The highest BCUT2D eigenvalue weighted by Crippen LogP contribution is 2.15. The van der Waals surface area contributed by atoms with Gasteiger partial charge in [0, 0.05) is 0 Å². The molecule has 1 aliphatic carbocycles. The zero-order valence-corrected chi connectivity index (χ0v) is 7.43. The second-order valence-corrected chi connectivity index (χ2v) is 3.05. The van der Waals surface area contributed by atoms with Crippen LogP contribution in [0.25, 0.3) is 0 Å². The van der Waals surface area contributed by atoms with Gasteiger partial charge in [-0.05, 0) is 25.3 Å². The van der Waals surface area contributed by atoms with E-state index in [9.17, 15) is 0 Å². The lowest BCUT2D eigenvalue weighted by Gasteiger charge is -2.04. The third-order valence-corrected chi connectivity index (χ3v) is 1.92. The second-order valence-electron chi connectivity index (χ2n) is 3.05. The molecule has 0 fully saturated rings. The van der Waals surface area contributed by atoms with E-state index in [2.05, 4.69) is 38.2 Å². The smallest absolute Gasteiger partial charge is 0.00949 e. The molecule has 0 heterocycles. The first-order valence-corrected chi connectivity index (χ1v) is 4.37. The number of hydrogen-bond donors (Lipinski definition) is 0. The minimum absolute atomic E-state index is 1.13. The van der Waals surface area contributed by atoms with Crippen molar-refractivity contribution in [3.63, 3.8) is 0 Å². The lowest BCUT2D eigenvalue weighted by atomic mass is 10.0. The Morgan fingerprint density at radius 1 is 1.45 bits per heavy atom. The van der Waals surface area contributed by atoms with Crippen LogP contribution in [0.5, 0.6) is 0 Å². The average molecular weight is 148 g/mol. The Hall–Kier alpha value is -0.780. The molecule has 0 aromatic heterocycles. The quantitative estimate of drug-likeness (QED) is 0.561. The van der Waals surface area contributed by atoms with Crippen molar-refractivity contribution in [3.05, 3.63) is 35.5 Å². The predicted octanol–water partition coefficient (Wildman–Crippen LogP) is 3.62. The molecule has 0 spiro atoms. The van der Waals surface area contributed by atoms with Crippen LogP contribution in [0, 0.1) is 0 Å². The highest BCUT2D eigenvalue weighted by molar-refractivity contribution is 5.34. The SMILES string of the molecule is CCCC=C1C=CC(C)=CC1. The molecule has 0 saturated heterocycles. The molecule has 0 aliphatic heterocycles. The summed E-state index contributed by atoms with van der Waals surface area (Å²) in [6.45, 7) is 4.36. The molecule has 11 heavy (non-hydrogen) atoms. The first-order valence-electron chi connectivity index (χ1n) is 4.37. The maximum absolute atomic E-state index is 2.33. The highest BCUT2D eigenvalue weighted by atomic mass is 14.0. The van der Waals surface area contributed by atoms with E-state index >= 15 is 0 Å². The molecule has 0 nitrogen and oxygen atoms in total. The highest BCUT2D eigenvalue weighted by Gasteiger charge is 1.95. The molecule has 0 N–H and O–H groups in total. The fraction of sp³-hybridized carbons (Fsp3) is 0.455. The normalized spacial score (nSPS) is 20.5. The minimum Gasteiger partial charge on any atom is -0.0810 e. The molecule has 0 saturated carbocycles. The van der Waals surface area contributed by atoms with Crippen molar-refractivity contribution in [2.45, 2.75) is 33.1 Å². The predicted molar refractivity (Wildman–Crippen MR) is 50.5 cm³/mol. The zero-order valence-electron chi connectivity index (χ0n) is 7.43. The standard InChI is InChI=1S/C11H16/c1-3-4-5-11-8-6-10(2)7-9-11/h5-8H,3-4,9H2,1-2H3. The number of rotatable bonds is 2. The van der Waals surface area contributed by atoms with Gasteiger partial charge >= 0.3 is 0 Å². The van der Waals surface area contributed by atoms with Gasteiger partial charge in [-0.3, -0.25) is 0 Å². The Bertz CT molecular complexity index is 204. The second kappa shape index (κ2) is 4.17. The van der Waals surface area contributed by atoms with Crippen molar-refractivity contribution in [3.8, 4) is 0 Å². The van der Waals surface area contributed by atoms with Gasteiger partial charge < -0.3 is 0 Å². The Kier molecular flexibility index (Phi) is 3.15. The van der Waals surface area contributed by atoms with Crippen molar-refractivity contribution < 1.29 is 0 Å². The molecule has 60 valence electrons. The number of unbranched alkanes of at least 4 members (excludes halogenated alkanes) is 1. The maximum Gasteiger partial charge on any atom is -0.00949 e. The Labute approximate surface area is 69.3 Å². The van der Waals surface area contributed by atoms with Crippen LogP contribution in [0.2, 0.25) is 0 Å². The molecular weight excluding hydrogens is 132 g/mol. The van der Waals surface area contributed by atoms with Gasteiger partial charge in [-0.15, -0.1) is 0 Å². The van der Waals surface area contributed by atoms with Crippen molar-refractivity contribution in [2.24, 2.45) is 0 Å². The number of allylic oxidation sites excluding steroid dienone is 6. The van der Waals surface area contributed by atoms with Crippen LogP contribution in [0.15, 0.2) is 35.5 Å². The van der Waals surface area contributed by atoms with Gasteiger partial charge in [-0.2, -0.15) is 0 Å². The Morgan fingerprint density at radius 2 is 2.27 bits per heavy atom. The summed E-state index contributed by atoms with van der Waals surface area (Å²) in [5, 5.41) is 0. The van der Waals surface area contributed by atoms with Gasteiger partial charge in [0.2, 0.25) is 0 Å². The van der Waals surface area contributed by atoms with Crippen LogP contribution in [-0.4, -0.2) is 0 Å². The maximum atomic E-state index is 2.33. The molecule has 0 aromatic rings. The topological polar surface area (TPSA) is 0 Å². The summed E-state index contributed by atoms with van der Waals surface area (Å²) in [6, 6.07) is 0. The van der Waals surface area contributed by atoms with Gasteiger partial charge in [0.15, 0.2) is 0 Å². The van der Waals surface area contributed by atoms with Crippen LogP contribution < -0.4 is 0 Å². The average Bonchev–Trinajstić information content (AvgIpc) is 2.04. The van der Waals surface area contributed by atoms with E-state index in [0.29, 0.717) is 0 Å². The van der Waals surface area contributed by atoms with Crippen LogP contribution in [0.3, 0.4) is 0 Å². The fourth-order valence-electron chi connectivity index (χ4n) is 1.13. The summed E-state index contributed by atoms with van der Waals surface area (Å²) < 4.78 is 0. The van der Waals surface area contributed by atoms with Crippen molar-refractivity contribution in [1.29, 1.82) is 0 Å². The molecule has 0 atom stereocenters. The summed E-state index contributed by atoms with van der Waals surface area (Å²) in [4.78, 5) is 0. The number of hydrogen-bond acceptors (Lipinski definition) is 0. The van der Waals surface area contributed by atoms with E-state index in [1.54, 1.807) is 0 Å². The molecule has 1 aliphatic rings. The van der Waals surface area contributed by atoms with E-state index in [1.165, 1.54) is 24.0 Å². The molecule has 1 rings (SSSR count). The van der Waals surface area contributed by atoms with Gasteiger partial charge in [0.1, 0.15) is 0 Å². The van der Waals surface area contributed by atoms with Crippen molar-refractivity contribution in [1.82, 2.24) is 0 Å². The first-order chi connectivity index (χ1) is 5.33. The largest absolute Gasteiger partial charge is 0.0810 e. The Morgan fingerprint density at radius 3 is 2.82 bits per heavy atom. The molecule has 0 unspecified atom stereocenters. The molecule has 0 bridgehead atoms. The van der Waals surface area contributed by atoms with Gasteiger partial charge in [0.25, 0.3) is 0 Å². The molecular formula is C11H16. The lowest BCUT2D eigenvalue weighted by molar-refractivity contribution is 0.946. The summed E-state index contributed by atoms with van der Waals surface area (Å²) in [5.74, 6) is 0. The molecule has 0 radical (unpaired) electrons. The monoisotopic (exact) mass is 148 g/mol. The summed E-state index contributed by atoms with van der Waals surface area (Å²) in [5.41, 5.74) is 2.86. The summed E-state index contributed by atoms with van der Waals surface area (Å²) in [7, 11) is 0. The van der Waals surface area contributed by atoms with Crippen LogP contribution >= 0.6 is 0 Å². The van der Waals surface area contributed by atoms with E-state index in [-0.39, 0.29) is 0 Å². The van der Waals surface area contributed by atoms with Crippen LogP contribution in [0.4, 0.5) is 0 Å². The van der Waals surface area contributed by atoms with E-state index in [0.717, 1.165) is 6.42 Å². The first kappa shape index (κ1) is 8.32.